The van der Waals surface area contributed by atoms with Crippen LogP contribution in [-0.4, -0.2) is 83.4 Å². The van der Waals surface area contributed by atoms with E-state index in [4.69, 9.17) is 14.2 Å². The summed E-state index contributed by atoms with van der Waals surface area (Å²) in [7, 11) is 0.0550. The molecule has 1 amide bonds. The number of anilines is 1. The Hall–Kier alpha value is -3.83. The van der Waals surface area contributed by atoms with Gasteiger partial charge < -0.3 is 24.0 Å². The Balaban J connectivity index is 1.29. The third-order valence-corrected chi connectivity index (χ3v) is 7.89. The van der Waals surface area contributed by atoms with Crippen LogP contribution in [0.2, 0.25) is 0 Å². The first kappa shape index (κ1) is 26.2. The summed E-state index contributed by atoms with van der Waals surface area (Å²) >= 11 is 0. The van der Waals surface area contributed by atoms with E-state index in [2.05, 4.69) is 0 Å². The van der Waals surface area contributed by atoms with E-state index < -0.39 is 22.3 Å². The fourth-order valence-corrected chi connectivity index (χ4v) is 5.72. The minimum absolute atomic E-state index is 0.140. The third-order valence-electron chi connectivity index (χ3n) is 5.93. The Bertz CT molecular complexity index is 1360. The van der Waals surface area contributed by atoms with Crippen molar-refractivity contribution in [3.05, 3.63) is 66.7 Å². The van der Waals surface area contributed by atoms with Crippen molar-refractivity contribution in [2.45, 2.75) is 4.90 Å². The summed E-state index contributed by atoms with van der Waals surface area (Å²) in [5, 5.41) is 1.51. The lowest BCUT2D eigenvalue weighted by molar-refractivity contribution is 0.0521. The van der Waals surface area contributed by atoms with E-state index in [0.29, 0.717) is 11.1 Å². The highest BCUT2D eigenvalue weighted by Crippen LogP contribution is 2.32. The van der Waals surface area contributed by atoms with Crippen molar-refractivity contribution in [2.75, 3.05) is 58.4 Å². The molecule has 0 aromatic heterocycles. The van der Waals surface area contributed by atoms with Gasteiger partial charge in [-0.25, -0.2) is 18.0 Å². The van der Waals surface area contributed by atoms with Crippen LogP contribution in [-0.2, 0) is 19.5 Å². The lowest BCUT2D eigenvalue weighted by Crippen LogP contribution is -2.50. The molecular weight excluding hydrogens is 498 g/mol. The highest BCUT2D eigenvalue weighted by molar-refractivity contribution is 7.89. The smallest absolute Gasteiger partial charge is 0.446 e. The molecule has 0 bridgehead atoms. The number of carbonyl (C=O) groups excluding carboxylic acids is 2. The maximum absolute atomic E-state index is 13.5. The van der Waals surface area contributed by atoms with Gasteiger partial charge in [0.15, 0.2) is 0 Å². The van der Waals surface area contributed by atoms with Crippen molar-refractivity contribution >= 4 is 38.7 Å². The average molecular weight is 528 g/mol. The molecule has 0 saturated carbocycles. The molecule has 0 spiro atoms. The molecular formula is C26H29N3O7S. The molecule has 4 rings (SSSR count). The summed E-state index contributed by atoms with van der Waals surface area (Å²) in [6, 6.07) is 19.3. The van der Waals surface area contributed by atoms with Crippen molar-refractivity contribution in [3.63, 3.8) is 0 Å². The van der Waals surface area contributed by atoms with Crippen LogP contribution in [0.5, 0.6) is 5.75 Å². The van der Waals surface area contributed by atoms with Crippen LogP contribution in [0.3, 0.4) is 0 Å². The third kappa shape index (κ3) is 6.12. The monoisotopic (exact) mass is 527 g/mol. The zero-order chi connectivity index (χ0) is 26.4. The maximum Gasteiger partial charge on any atom is 0.513 e. The zero-order valence-corrected chi connectivity index (χ0v) is 21.5. The minimum atomic E-state index is -3.77. The second-order valence-corrected chi connectivity index (χ2v) is 10.4. The first-order chi connectivity index (χ1) is 17.8. The van der Waals surface area contributed by atoms with Gasteiger partial charge in [-0.15, -0.1) is 0 Å². The standard InChI is InChI=1S/C26H29N3O7S/c1-27(2)23-12-6-11-22-21(23)10-7-13-24(22)37(32,33)29-16-14-28(15-17-29)25(30)34-18-19-35-26(31)36-20-8-4-3-5-9-20/h3-13H,14-19H2,1-2H3. The summed E-state index contributed by atoms with van der Waals surface area (Å²) < 4.78 is 43.4. The first-order valence-corrected chi connectivity index (χ1v) is 13.2. The van der Waals surface area contributed by atoms with E-state index in [9.17, 15) is 18.0 Å². The fourth-order valence-electron chi connectivity index (χ4n) is 4.09. The number of amides is 1. The van der Waals surface area contributed by atoms with Crippen molar-refractivity contribution in [3.8, 4) is 5.75 Å². The van der Waals surface area contributed by atoms with Crippen LogP contribution in [0.4, 0.5) is 15.3 Å². The summed E-state index contributed by atoms with van der Waals surface area (Å²) in [6.45, 7) is 0.334. The van der Waals surface area contributed by atoms with Crippen LogP contribution in [0.1, 0.15) is 0 Å². The van der Waals surface area contributed by atoms with Crippen molar-refractivity contribution in [1.29, 1.82) is 0 Å². The number of nitrogens with zero attached hydrogens (tertiary/aromatic N) is 3. The number of benzene rings is 3. The molecule has 0 aliphatic carbocycles. The predicted molar refractivity (Wildman–Crippen MR) is 138 cm³/mol. The Morgan fingerprint density at radius 3 is 2.16 bits per heavy atom. The highest BCUT2D eigenvalue weighted by atomic mass is 32.2. The molecule has 0 unspecified atom stereocenters. The molecule has 3 aromatic carbocycles. The first-order valence-electron chi connectivity index (χ1n) is 11.8. The summed E-state index contributed by atoms with van der Waals surface area (Å²) in [5.74, 6) is 0.346. The van der Waals surface area contributed by atoms with Crippen LogP contribution in [0.15, 0.2) is 71.6 Å². The lowest BCUT2D eigenvalue weighted by Gasteiger charge is -2.33. The Kier molecular flexibility index (Phi) is 8.14. The second kappa shape index (κ2) is 11.5. The lowest BCUT2D eigenvalue weighted by atomic mass is 10.1. The molecule has 0 N–H and O–H groups in total. The molecule has 3 aromatic rings. The number of rotatable bonds is 7. The van der Waals surface area contributed by atoms with E-state index in [0.717, 1.165) is 11.1 Å². The molecule has 0 radical (unpaired) electrons. The molecule has 1 heterocycles. The predicted octanol–water partition coefficient (Wildman–Crippen LogP) is 3.56. The van der Waals surface area contributed by atoms with E-state index in [1.165, 1.54) is 9.21 Å². The number of piperazine rings is 1. The van der Waals surface area contributed by atoms with Crippen LogP contribution in [0, 0.1) is 0 Å². The molecule has 37 heavy (non-hydrogen) atoms. The molecule has 196 valence electrons. The topological polar surface area (TPSA) is 106 Å². The molecule has 1 aliphatic rings. The molecule has 1 fully saturated rings. The number of para-hydroxylation sites is 1. The number of hydrogen-bond acceptors (Lipinski definition) is 8. The molecule has 0 atom stereocenters. The van der Waals surface area contributed by atoms with Gasteiger partial charge in [-0.1, -0.05) is 42.5 Å². The Morgan fingerprint density at radius 2 is 1.46 bits per heavy atom. The SMILES string of the molecule is CN(C)c1cccc2c(S(=O)(=O)N3CCN(C(=O)OCCOC(=O)Oc4ccccc4)CC3)cccc12. The molecule has 1 aliphatic heterocycles. The molecule has 10 nitrogen and oxygen atoms in total. The maximum atomic E-state index is 13.5. The van der Waals surface area contributed by atoms with Crippen LogP contribution >= 0.6 is 0 Å². The van der Waals surface area contributed by atoms with E-state index in [1.54, 1.807) is 48.5 Å². The Morgan fingerprint density at radius 1 is 0.811 bits per heavy atom. The van der Waals surface area contributed by atoms with Crippen molar-refractivity contribution in [1.82, 2.24) is 9.21 Å². The van der Waals surface area contributed by atoms with Gasteiger partial charge in [0.1, 0.15) is 19.0 Å². The van der Waals surface area contributed by atoms with Crippen molar-refractivity contribution in [2.24, 2.45) is 0 Å². The van der Waals surface area contributed by atoms with Crippen LogP contribution < -0.4 is 9.64 Å². The van der Waals surface area contributed by atoms with E-state index >= 15 is 0 Å². The number of carbonyl (C=O) groups is 2. The minimum Gasteiger partial charge on any atom is -0.446 e. The highest BCUT2D eigenvalue weighted by Gasteiger charge is 2.32. The van der Waals surface area contributed by atoms with Gasteiger partial charge in [0.25, 0.3) is 0 Å². The summed E-state index contributed by atoms with van der Waals surface area (Å²) in [5.41, 5.74) is 0.930. The van der Waals surface area contributed by atoms with Gasteiger partial charge in [-0.05, 0) is 24.3 Å². The van der Waals surface area contributed by atoms with Gasteiger partial charge in [-0.3, -0.25) is 0 Å². The second-order valence-electron chi connectivity index (χ2n) is 8.54. The van der Waals surface area contributed by atoms with E-state index in [-0.39, 0.29) is 44.3 Å². The van der Waals surface area contributed by atoms with Crippen molar-refractivity contribution < 1.29 is 32.2 Å². The quantitative estimate of drug-likeness (QED) is 0.261. The van der Waals surface area contributed by atoms with Crippen LogP contribution in [0.25, 0.3) is 10.8 Å². The van der Waals surface area contributed by atoms with Gasteiger partial charge >= 0.3 is 12.2 Å². The van der Waals surface area contributed by atoms with Gasteiger partial charge in [-0.2, -0.15) is 4.31 Å². The summed E-state index contributed by atoms with van der Waals surface area (Å²) in [6.07, 6.45) is -1.50. The van der Waals surface area contributed by atoms with E-state index in [1.807, 2.05) is 37.2 Å². The number of hydrogen-bond donors (Lipinski definition) is 0. The number of fused-ring (bicyclic) bond motifs is 1. The fraction of sp³-hybridized carbons (Fsp3) is 0.308. The normalized spacial score (nSPS) is 14.3. The van der Waals surface area contributed by atoms with Gasteiger partial charge in [0, 0.05) is 56.7 Å². The Labute approximate surface area is 216 Å². The van der Waals surface area contributed by atoms with Gasteiger partial charge in [0.05, 0.1) is 4.90 Å². The molecule has 1 saturated heterocycles. The average Bonchev–Trinajstić information content (AvgIpc) is 2.90. The van der Waals surface area contributed by atoms with Gasteiger partial charge in [0.2, 0.25) is 10.0 Å². The largest absolute Gasteiger partial charge is 0.513 e. The summed E-state index contributed by atoms with van der Waals surface area (Å²) in [4.78, 5) is 27.7. The number of sulfonamides is 1. The zero-order valence-electron chi connectivity index (χ0n) is 20.7. The molecule has 11 heteroatoms. The number of ether oxygens (including phenoxy) is 3.